The number of halogens is 1. The van der Waals surface area contributed by atoms with Crippen LogP contribution in [0.15, 0.2) is 23.1 Å². The zero-order valence-corrected chi connectivity index (χ0v) is 11.7. The average molecular weight is 287 g/mol. The smallest absolute Gasteiger partial charge is 0.211 e. The Hall–Kier alpha value is -1.09. The van der Waals surface area contributed by atoms with Crippen LogP contribution in [0, 0.1) is 11.3 Å². The molecule has 0 aliphatic rings. The van der Waals surface area contributed by atoms with Crippen LogP contribution >= 0.6 is 11.6 Å². The Labute approximate surface area is 113 Å². The third kappa shape index (κ3) is 3.98. The van der Waals surface area contributed by atoms with Gasteiger partial charge in [-0.15, -0.1) is 0 Å². The summed E-state index contributed by atoms with van der Waals surface area (Å²) in [6, 6.07) is 6.08. The van der Waals surface area contributed by atoms with Crippen molar-refractivity contribution in [2.24, 2.45) is 0 Å². The van der Waals surface area contributed by atoms with Gasteiger partial charge >= 0.3 is 0 Å². The first-order valence-electron chi connectivity index (χ1n) is 5.70. The molecule has 0 fully saturated rings. The molecule has 1 aromatic carbocycles. The molecular formula is C12H15ClN2O2S. The molecule has 0 atom stereocenters. The van der Waals surface area contributed by atoms with E-state index in [-0.39, 0.29) is 15.5 Å². The topological polar surface area (TPSA) is 70.0 Å². The molecule has 0 heterocycles. The second-order valence-electron chi connectivity index (χ2n) is 3.86. The van der Waals surface area contributed by atoms with Crippen LogP contribution in [-0.2, 0) is 10.0 Å². The number of hydrogen-bond donors (Lipinski definition) is 1. The van der Waals surface area contributed by atoms with Gasteiger partial charge in [0.2, 0.25) is 10.0 Å². The zero-order chi connectivity index (χ0) is 13.6. The van der Waals surface area contributed by atoms with Gasteiger partial charge in [-0.05, 0) is 24.6 Å². The highest BCUT2D eigenvalue weighted by molar-refractivity contribution is 7.89. The highest BCUT2D eigenvalue weighted by Gasteiger charge is 2.17. The maximum Gasteiger partial charge on any atom is 0.242 e. The summed E-state index contributed by atoms with van der Waals surface area (Å²) < 4.78 is 26.4. The SMILES string of the molecule is CCCCCNS(=O)(=O)c1cc(C#N)ccc1Cl. The van der Waals surface area contributed by atoms with Gasteiger partial charge < -0.3 is 0 Å². The standard InChI is InChI=1S/C12H15ClN2O2S/c1-2-3-4-7-15-18(16,17)12-8-10(9-14)5-6-11(12)13/h5-6,8,15H,2-4,7H2,1H3. The number of nitrogens with one attached hydrogen (secondary N) is 1. The van der Waals surface area contributed by atoms with Crippen LogP contribution in [-0.4, -0.2) is 15.0 Å². The summed E-state index contributed by atoms with van der Waals surface area (Å²) in [6.45, 7) is 2.42. The number of hydrogen-bond acceptors (Lipinski definition) is 3. The van der Waals surface area contributed by atoms with E-state index in [0.29, 0.717) is 6.54 Å². The Morgan fingerprint density at radius 2 is 2.11 bits per heavy atom. The Balaban J connectivity index is 2.88. The van der Waals surface area contributed by atoms with Crippen LogP contribution in [0.1, 0.15) is 31.7 Å². The molecule has 0 spiro atoms. The summed E-state index contributed by atoms with van der Waals surface area (Å²) in [5.41, 5.74) is 0.272. The lowest BCUT2D eigenvalue weighted by molar-refractivity contribution is 0.576. The van der Waals surface area contributed by atoms with Crippen LogP contribution in [0.5, 0.6) is 0 Å². The first kappa shape index (κ1) is 15.0. The van der Waals surface area contributed by atoms with Gasteiger partial charge in [-0.2, -0.15) is 5.26 Å². The van der Waals surface area contributed by atoms with E-state index in [0.717, 1.165) is 19.3 Å². The fourth-order valence-electron chi connectivity index (χ4n) is 1.44. The number of nitrogens with zero attached hydrogens (tertiary/aromatic N) is 1. The normalized spacial score (nSPS) is 11.2. The number of rotatable bonds is 6. The molecule has 98 valence electrons. The van der Waals surface area contributed by atoms with E-state index in [1.54, 1.807) is 0 Å². The third-order valence-electron chi connectivity index (χ3n) is 2.42. The molecule has 18 heavy (non-hydrogen) atoms. The molecular weight excluding hydrogens is 272 g/mol. The summed E-state index contributed by atoms with van der Waals surface area (Å²) in [5, 5.41) is 8.88. The Morgan fingerprint density at radius 1 is 1.39 bits per heavy atom. The van der Waals surface area contributed by atoms with Crippen molar-refractivity contribution in [2.75, 3.05) is 6.54 Å². The molecule has 0 amide bonds. The third-order valence-corrected chi connectivity index (χ3v) is 4.36. The maximum absolute atomic E-state index is 12.0. The van der Waals surface area contributed by atoms with Crippen molar-refractivity contribution < 1.29 is 8.42 Å². The average Bonchev–Trinajstić information content (AvgIpc) is 2.35. The molecule has 1 aromatic rings. The number of nitriles is 1. The molecule has 0 unspecified atom stereocenters. The Morgan fingerprint density at radius 3 is 2.72 bits per heavy atom. The molecule has 0 aromatic heterocycles. The van der Waals surface area contributed by atoms with E-state index >= 15 is 0 Å². The van der Waals surface area contributed by atoms with Crippen molar-refractivity contribution in [2.45, 2.75) is 31.1 Å². The molecule has 0 aliphatic carbocycles. The van der Waals surface area contributed by atoms with E-state index in [2.05, 4.69) is 4.72 Å². The number of sulfonamides is 1. The molecule has 6 heteroatoms. The summed E-state index contributed by atoms with van der Waals surface area (Å²) in [4.78, 5) is -0.0419. The van der Waals surface area contributed by atoms with E-state index in [1.807, 2.05) is 13.0 Å². The van der Waals surface area contributed by atoms with Crippen molar-refractivity contribution >= 4 is 21.6 Å². The van der Waals surface area contributed by atoms with Crippen LogP contribution in [0.25, 0.3) is 0 Å². The molecule has 0 saturated carbocycles. The van der Waals surface area contributed by atoms with E-state index in [4.69, 9.17) is 16.9 Å². The maximum atomic E-state index is 12.0. The van der Waals surface area contributed by atoms with E-state index < -0.39 is 10.0 Å². The molecule has 4 nitrogen and oxygen atoms in total. The lowest BCUT2D eigenvalue weighted by atomic mass is 10.2. The quantitative estimate of drug-likeness (QED) is 0.817. The van der Waals surface area contributed by atoms with Crippen molar-refractivity contribution in [1.82, 2.24) is 4.72 Å². The van der Waals surface area contributed by atoms with Gasteiger partial charge in [0.25, 0.3) is 0 Å². The highest BCUT2D eigenvalue weighted by Crippen LogP contribution is 2.22. The summed E-state index contributed by atoms with van der Waals surface area (Å²) in [7, 11) is -3.64. The van der Waals surface area contributed by atoms with E-state index in [1.165, 1.54) is 18.2 Å². The molecule has 0 radical (unpaired) electrons. The molecule has 0 saturated heterocycles. The Kier molecular flexibility index (Phi) is 5.60. The molecule has 1 N–H and O–H groups in total. The first-order chi connectivity index (χ1) is 8.51. The van der Waals surface area contributed by atoms with Crippen molar-refractivity contribution in [3.63, 3.8) is 0 Å². The predicted molar refractivity (Wildman–Crippen MR) is 70.9 cm³/mol. The number of unbranched alkanes of at least 4 members (excludes halogenated alkanes) is 2. The first-order valence-corrected chi connectivity index (χ1v) is 7.56. The van der Waals surface area contributed by atoms with Gasteiger partial charge in [0.1, 0.15) is 4.90 Å². The predicted octanol–water partition coefficient (Wildman–Crippen LogP) is 2.68. The van der Waals surface area contributed by atoms with E-state index in [9.17, 15) is 8.42 Å². The monoisotopic (exact) mass is 286 g/mol. The summed E-state index contributed by atoms with van der Waals surface area (Å²) >= 11 is 5.85. The van der Waals surface area contributed by atoms with Crippen molar-refractivity contribution in [3.8, 4) is 6.07 Å². The Bertz CT molecular complexity index is 550. The summed E-state index contributed by atoms with van der Waals surface area (Å²) in [5.74, 6) is 0. The fraction of sp³-hybridized carbons (Fsp3) is 0.417. The van der Waals surface area contributed by atoms with Crippen molar-refractivity contribution in [1.29, 1.82) is 5.26 Å². The molecule has 0 bridgehead atoms. The zero-order valence-electron chi connectivity index (χ0n) is 10.1. The van der Waals surface area contributed by atoms with Gasteiger partial charge in [0.05, 0.1) is 16.7 Å². The largest absolute Gasteiger partial charge is 0.242 e. The van der Waals surface area contributed by atoms with Crippen LogP contribution in [0.3, 0.4) is 0 Å². The lowest BCUT2D eigenvalue weighted by Crippen LogP contribution is -2.25. The molecule has 0 aliphatic heterocycles. The second kappa shape index (κ2) is 6.74. The molecule has 1 rings (SSSR count). The van der Waals surface area contributed by atoms with Crippen LogP contribution < -0.4 is 4.72 Å². The van der Waals surface area contributed by atoms with Crippen LogP contribution in [0.4, 0.5) is 0 Å². The lowest BCUT2D eigenvalue weighted by Gasteiger charge is -2.08. The van der Waals surface area contributed by atoms with Crippen molar-refractivity contribution in [3.05, 3.63) is 28.8 Å². The minimum atomic E-state index is -3.64. The fourth-order valence-corrected chi connectivity index (χ4v) is 3.04. The van der Waals surface area contributed by atoms with Crippen LogP contribution in [0.2, 0.25) is 5.02 Å². The van der Waals surface area contributed by atoms with Gasteiger partial charge in [-0.25, -0.2) is 13.1 Å². The van der Waals surface area contributed by atoms with Gasteiger partial charge in [-0.3, -0.25) is 0 Å². The minimum Gasteiger partial charge on any atom is -0.211 e. The minimum absolute atomic E-state index is 0.0419. The van der Waals surface area contributed by atoms with Gasteiger partial charge in [-0.1, -0.05) is 31.4 Å². The number of benzene rings is 1. The second-order valence-corrected chi connectivity index (χ2v) is 6.00. The van der Waals surface area contributed by atoms with Gasteiger partial charge in [0.15, 0.2) is 0 Å². The summed E-state index contributed by atoms with van der Waals surface area (Å²) in [6.07, 6.45) is 2.77. The van der Waals surface area contributed by atoms with Gasteiger partial charge in [0, 0.05) is 6.54 Å². The highest BCUT2D eigenvalue weighted by atomic mass is 35.5.